The molecule has 28 heavy (non-hydrogen) atoms. The lowest BCUT2D eigenvalue weighted by atomic mass is 9.84. The van der Waals surface area contributed by atoms with Crippen LogP contribution in [0.5, 0.6) is 5.75 Å². The van der Waals surface area contributed by atoms with Crippen molar-refractivity contribution >= 4 is 11.9 Å². The lowest BCUT2D eigenvalue weighted by Crippen LogP contribution is -2.46. The van der Waals surface area contributed by atoms with E-state index in [4.69, 9.17) is 4.74 Å². The predicted molar refractivity (Wildman–Crippen MR) is 103 cm³/mol. The molecule has 148 valence electrons. The minimum atomic E-state index is -0.928. The molecule has 1 N–H and O–H groups in total. The van der Waals surface area contributed by atoms with E-state index in [1.54, 1.807) is 29.0 Å². The summed E-state index contributed by atoms with van der Waals surface area (Å²) in [7, 11) is 1.59. The molecule has 0 spiro atoms. The summed E-state index contributed by atoms with van der Waals surface area (Å²) < 4.78 is 7.02. The fourth-order valence-electron chi connectivity index (χ4n) is 4.66. The van der Waals surface area contributed by atoms with Crippen LogP contribution in [0, 0.1) is 12.8 Å². The Balaban J connectivity index is 1.65. The molecular formula is C21H25N3O4. The first-order chi connectivity index (χ1) is 13.5. The van der Waals surface area contributed by atoms with Crippen molar-refractivity contribution in [3.63, 3.8) is 0 Å². The fraction of sp³-hybridized carbons (Fsp3) is 0.476. The van der Waals surface area contributed by atoms with Crippen LogP contribution in [0.25, 0.3) is 5.69 Å². The van der Waals surface area contributed by atoms with Gasteiger partial charge in [-0.25, -0.2) is 9.48 Å². The molecule has 1 aliphatic heterocycles. The quantitative estimate of drug-likeness (QED) is 0.877. The van der Waals surface area contributed by atoms with Gasteiger partial charge in [0.2, 0.25) is 0 Å². The number of carboxylic acid groups (broad SMARTS) is 1. The fourth-order valence-corrected chi connectivity index (χ4v) is 4.66. The Kier molecular flexibility index (Phi) is 4.83. The van der Waals surface area contributed by atoms with Gasteiger partial charge in [-0.3, -0.25) is 4.79 Å². The van der Waals surface area contributed by atoms with Crippen LogP contribution >= 0.6 is 0 Å². The molecule has 3 unspecified atom stereocenters. The van der Waals surface area contributed by atoms with Crippen molar-refractivity contribution in [1.82, 2.24) is 14.7 Å². The number of aliphatic carboxylic acids is 1. The van der Waals surface area contributed by atoms with Gasteiger partial charge in [-0.1, -0.05) is 18.9 Å². The van der Waals surface area contributed by atoms with Gasteiger partial charge in [0.05, 0.1) is 7.11 Å². The van der Waals surface area contributed by atoms with E-state index >= 15 is 0 Å². The monoisotopic (exact) mass is 383 g/mol. The number of carbonyl (C=O) groups is 2. The lowest BCUT2D eigenvalue weighted by molar-refractivity contribution is -0.141. The Morgan fingerprint density at radius 2 is 2.00 bits per heavy atom. The standard InChI is InChI=1S/C21H25N3O4/c1-13-7-8-19(28-2)17(11-13)23-10-9-15(22-23)20(25)24-16-6-4-3-5-14(16)12-18(24)21(26)27/h7-11,14,16,18H,3-6,12H2,1-2H3,(H,26,27). The molecule has 1 amide bonds. The van der Waals surface area contributed by atoms with E-state index in [0.29, 0.717) is 12.2 Å². The number of hydrogen-bond donors (Lipinski definition) is 1. The average Bonchev–Trinajstić information content (AvgIpc) is 3.32. The minimum absolute atomic E-state index is 0.000931. The minimum Gasteiger partial charge on any atom is -0.494 e. The molecule has 1 aliphatic carbocycles. The number of amides is 1. The van der Waals surface area contributed by atoms with Crippen molar-refractivity contribution in [3.05, 3.63) is 41.7 Å². The number of methoxy groups -OCH3 is 1. The molecule has 1 saturated heterocycles. The number of nitrogens with zero attached hydrogens (tertiary/aromatic N) is 3. The van der Waals surface area contributed by atoms with Crippen molar-refractivity contribution in [2.45, 2.75) is 51.1 Å². The second-order valence-electron chi connectivity index (χ2n) is 7.73. The summed E-state index contributed by atoms with van der Waals surface area (Å²) in [6, 6.07) is 6.64. The third kappa shape index (κ3) is 3.15. The number of ether oxygens (including phenoxy) is 1. The number of aryl methyl sites for hydroxylation is 1. The smallest absolute Gasteiger partial charge is 0.326 e. The summed E-state index contributed by atoms with van der Waals surface area (Å²) in [4.78, 5) is 26.6. The molecular weight excluding hydrogens is 358 g/mol. The van der Waals surface area contributed by atoms with Gasteiger partial charge in [-0.05, 0) is 55.9 Å². The molecule has 2 heterocycles. The number of rotatable bonds is 4. The topological polar surface area (TPSA) is 84.7 Å². The van der Waals surface area contributed by atoms with Crippen LogP contribution < -0.4 is 4.74 Å². The Bertz CT molecular complexity index is 907. The van der Waals surface area contributed by atoms with Crippen molar-refractivity contribution in [1.29, 1.82) is 0 Å². The Morgan fingerprint density at radius 1 is 1.21 bits per heavy atom. The highest BCUT2D eigenvalue weighted by molar-refractivity contribution is 5.95. The molecule has 4 rings (SSSR count). The van der Waals surface area contributed by atoms with Crippen molar-refractivity contribution in [2.24, 2.45) is 5.92 Å². The molecule has 3 atom stereocenters. The van der Waals surface area contributed by atoms with Gasteiger partial charge in [0.1, 0.15) is 17.5 Å². The molecule has 1 saturated carbocycles. The first-order valence-corrected chi connectivity index (χ1v) is 9.75. The first-order valence-electron chi connectivity index (χ1n) is 9.75. The van der Waals surface area contributed by atoms with E-state index in [2.05, 4.69) is 5.10 Å². The third-order valence-electron chi connectivity index (χ3n) is 6.00. The summed E-state index contributed by atoms with van der Waals surface area (Å²) in [6.07, 6.45) is 6.26. The van der Waals surface area contributed by atoms with E-state index in [1.807, 2.05) is 25.1 Å². The molecule has 2 aliphatic rings. The van der Waals surface area contributed by atoms with Crippen molar-refractivity contribution in [3.8, 4) is 11.4 Å². The Hall–Kier alpha value is -2.83. The van der Waals surface area contributed by atoms with Gasteiger partial charge in [-0.15, -0.1) is 0 Å². The van der Waals surface area contributed by atoms with Gasteiger partial charge in [-0.2, -0.15) is 5.10 Å². The summed E-state index contributed by atoms with van der Waals surface area (Å²) >= 11 is 0. The normalized spacial score (nSPS) is 24.1. The van der Waals surface area contributed by atoms with Gasteiger partial charge in [0.15, 0.2) is 5.69 Å². The number of carboxylic acids is 1. The molecule has 2 aromatic rings. The molecule has 1 aromatic heterocycles. The number of aromatic nitrogens is 2. The van der Waals surface area contributed by atoms with E-state index < -0.39 is 12.0 Å². The number of fused-ring (bicyclic) bond motifs is 1. The zero-order chi connectivity index (χ0) is 19.8. The van der Waals surface area contributed by atoms with E-state index in [1.165, 1.54) is 0 Å². The lowest BCUT2D eigenvalue weighted by Gasteiger charge is -2.32. The van der Waals surface area contributed by atoms with Crippen LogP contribution in [-0.4, -0.2) is 50.9 Å². The SMILES string of the molecule is COc1ccc(C)cc1-n1ccc(C(=O)N2C(C(=O)O)CC3CCCCC32)n1. The number of carbonyl (C=O) groups excluding carboxylic acids is 1. The molecule has 2 fully saturated rings. The molecule has 0 radical (unpaired) electrons. The van der Waals surface area contributed by atoms with E-state index in [-0.39, 0.29) is 23.6 Å². The highest BCUT2D eigenvalue weighted by atomic mass is 16.5. The van der Waals surface area contributed by atoms with Crippen LogP contribution in [0.2, 0.25) is 0 Å². The Morgan fingerprint density at radius 3 is 2.75 bits per heavy atom. The van der Waals surface area contributed by atoms with Gasteiger partial charge in [0, 0.05) is 12.2 Å². The highest BCUT2D eigenvalue weighted by Crippen LogP contribution is 2.40. The number of hydrogen-bond acceptors (Lipinski definition) is 4. The van der Waals surface area contributed by atoms with Gasteiger partial charge in [0.25, 0.3) is 5.91 Å². The molecule has 7 heteroatoms. The predicted octanol–water partition coefficient (Wildman–Crippen LogP) is 3.05. The summed E-state index contributed by atoms with van der Waals surface area (Å²) in [5, 5.41) is 14.1. The van der Waals surface area contributed by atoms with Gasteiger partial charge >= 0.3 is 5.97 Å². The average molecular weight is 383 g/mol. The molecule has 7 nitrogen and oxygen atoms in total. The van der Waals surface area contributed by atoms with Crippen LogP contribution in [0.15, 0.2) is 30.5 Å². The third-order valence-corrected chi connectivity index (χ3v) is 6.00. The second kappa shape index (κ2) is 7.30. The molecule has 1 aromatic carbocycles. The first kappa shape index (κ1) is 18.5. The summed E-state index contributed by atoms with van der Waals surface area (Å²) in [6.45, 7) is 1.98. The van der Waals surface area contributed by atoms with E-state index in [9.17, 15) is 14.7 Å². The van der Waals surface area contributed by atoms with Crippen LogP contribution in [0.4, 0.5) is 0 Å². The summed E-state index contributed by atoms with van der Waals surface area (Å²) in [5.41, 5.74) is 2.06. The van der Waals surface area contributed by atoms with Crippen LogP contribution in [-0.2, 0) is 4.79 Å². The van der Waals surface area contributed by atoms with Gasteiger partial charge < -0.3 is 14.7 Å². The number of likely N-dealkylation sites (tertiary alicyclic amines) is 1. The zero-order valence-electron chi connectivity index (χ0n) is 16.2. The number of benzene rings is 1. The van der Waals surface area contributed by atoms with Crippen LogP contribution in [0.3, 0.4) is 0 Å². The Labute approximate surface area is 163 Å². The summed E-state index contributed by atoms with van der Waals surface area (Å²) in [5.74, 6) is -0.294. The van der Waals surface area contributed by atoms with Crippen LogP contribution in [0.1, 0.15) is 48.2 Å². The largest absolute Gasteiger partial charge is 0.494 e. The highest BCUT2D eigenvalue weighted by Gasteiger charge is 2.48. The maximum absolute atomic E-state index is 13.2. The van der Waals surface area contributed by atoms with Crippen molar-refractivity contribution < 1.29 is 19.4 Å². The maximum Gasteiger partial charge on any atom is 0.326 e. The van der Waals surface area contributed by atoms with E-state index in [0.717, 1.165) is 36.9 Å². The second-order valence-corrected chi connectivity index (χ2v) is 7.73. The maximum atomic E-state index is 13.2. The van der Waals surface area contributed by atoms with Crippen molar-refractivity contribution in [2.75, 3.05) is 7.11 Å². The zero-order valence-corrected chi connectivity index (χ0v) is 16.2. The molecule has 0 bridgehead atoms.